The van der Waals surface area contributed by atoms with Crippen LogP contribution in [0.3, 0.4) is 0 Å². The predicted octanol–water partition coefficient (Wildman–Crippen LogP) is 2.47. The standard InChI is InChI=1S/C18H26N4O4S2/c1-3-5-9-22(14-8-11-28(24,25)13-14)16(23)12-27-18-20-19-17(21(18)4-2)15-7-6-10-26-15/h6-7,10,14H,3-5,8-9,11-13H2,1-2H3. The number of rotatable bonds is 9. The molecule has 0 aromatic carbocycles. The summed E-state index contributed by atoms with van der Waals surface area (Å²) in [5.41, 5.74) is 0. The molecule has 0 spiro atoms. The predicted molar refractivity (Wildman–Crippen MR) is 108 cm³/mol. The number of carbonyl (C=O) groups excluding carboxylic acids is 1. The van der Waals surface area contributed by atoms with Gasteiger partial charge in [0.15, 0.2) is 26.6 Å². The van der Waals surface area contributed by atoms with Crippen LogP contribution in [0.1, 0.15) is 33.1 Å². The summed E-state index contributed by atoms with van der Waals surface area (Å²) < 4.78 is 31.0. The molecular formula is C18H26N4O4S2. The number of unbranched alkanes of at least 4 members (excludes halogenated alkanes) is 1. The average Bonchev–Trinajstić information content (AvgIpc) is 3.39. The first-order chi connectivity index (χ1) is 13.4. The molecule has 1 unspecified atom stereocenters. The Labute approximate surface area is 169 Å². The molecule has 28 heavy (non-hydrogen) atoms. The molecule has 3 heterocycles. The Morgan fingerprint density at radius 2 is 2.21 bits per heavy atom. The Balaban J connectivity index is 1.69. The Kier molecular flexibility index (Phi) is 6.82. The Bertz CT molecular complexity index is 893. The molecule has 1 aliphatic rings. The van der Waals surface area contributed by atoms with E-state index in [2.05, 4.69) is 17.1 Å². The topological polar surface area (TPSA) is 98.3 Å². The second-order valence-electron chi connectivity index (χ2n) is 6.81. The molecule has 0 saturated carbocycles. The van der Waals surface area contributed by atoms with E-state index in [1.54, 1.807) is 17.2 Å². The maximum Gasteiger partial charge on any atom is 0.233 e. The van der Waals surface area contributed by atoms with Crippen LogP contribution >= 0.6 is 11.8 Å². The third-order valence-electron chi connectivity index (χ3n) is 4.82. The highest BCUT2D eigenvalue weighted by atomic mass is 32.2. The minimum absolute atomic E-state index is 0.0502. The van der Waals surface area contributed by atoms with Crippen molar-refractivity contribution in [3.63, 3.8) is 0 Å². The molecule has 3 rings (SSSR count). The molecule has 2 aromatic rings. The van der Waals surface area contributed by atoms with Crippen molar-refractivity contribution in [2.45, 2.75) is 50.9 Å². The van der Waals surface area contributed by atoms with Crippen LogP contribution in [0.5, 0.6) is 0 Å². The van der Waals surface area contributed by atoms with Crippen LogP contribution < -0.4 is 0 Å². The summed E-state index contributed by atoms with van der Waals surface area (Å²) in [4.78, 5) is 14.6. The van der Waals surface area contributed by atoms with E-state index in [9.17, 15) is 13.2 Å². The summed E-state index contributed by atoms with van der Waals surface area (Å²) >= 11 is 1.33. The van der Waals surface area contributed by atoms with Gasteiger partial charge in [0.05, 0.1) is 23.5 Å². The highest BCUT2D eigenvalue weighted by molar-refractivity contribution is 7.99. The summed E-state index contributed by atoms with van der Waals surface area (Å²) in [6, 6.07) is 3.40. The van der Waals surface area contributed by atoms with Crippen molar-refractivity contribution in [1.82, 2.24) is 19.7 Å². The smallest absolute Gasteiger partial charge is 0.233 e. The number of hydrogen-bond acceptors (Lipinski definition) is 7. The second kappa shape index (κ2) is 9.13. The molecule has 0 N–H and O–H groups in total. The van der Waals surface area contributed by atoms with Gasteiger partial charge in [-0.15, -0.1) is 10.2 Å². The summed E-state index contributed by atoms with van der Waals surface area (Å²) in [7, 11) is -3.04. The van der Waals surface area contributed by atoms with Crippen LogP contribution in [0.4, 0.5) is 0 Å². The first kappa shape index (κ1) is 20.9. The first-order valence-electron chi connectivity index (χ1n) is 9.55. The molecule has 0 bridgehead atoms. The van der Waals surface area contributed by atoms with Crippen LogP contribution in [0, 0.1) is 0 Å². The average molecular weight is 427 g/mol. The molecule has 154 valence electrons. The van der Waals surface area contributed by atoms with Crippen molar-refractivity contribution in [1.29, 1.82) is 0 Å². The molecule has 0 radical (unpaired) electrons. The number of nitrogens with zero attached hydrogens (tertiary/aromatic N) is 4. The van der Waals surface area contributed by atoms with Crippen LogP contribution in [0.15, 0.2) is 28.0 Å². The minimum atomic E-state index is -3.04. The van der Waals surface area contributed by atoms with Gasteiger partial charge in [0.1, 0.15) is 0 Å². The van der Waals surface area contributed by atoms with E-state index in [-0.39, 0.29) is 29.2 Å². The van der Waals surface area contributed by atoms with Crippen molar-refractivity contribution in [3.05, 3.63) is 18.4 Å². The lowest BCUT2D eigenvalue weighted by Gasteiger charge is -2.28. The van der Waals surface area contributed by atoms with E-state index in [0.717, 1.165) is 12.8 Å². The zero-order valence-corrected chi connectivity index (χ0v) is 17.8. The van der Waals surface area contributed by atoms with Gasteiger partial charge >= 0.3 is 0 Å². The molecule has 10 heteroatoms. The summed E-state index contributed by atoms with van der Waals surface area (Å²) in [5.74, 6) is 1.65. The van der Waals surface area contributed by atoms with Gasteiger partial charge in [-0.2, -0.15) is 0 Å². The van der Waals surface area contributed by atoms with Gasteiger partial charge in [-0.1, -0.05) is 25.1 Å². The molecule has 1 amide bonds. The van der Waals surface area contributed by atoms with Crippen LogP contribution in [-0.2, 0) is 21.2 Å². The highest BCUT2D eigenvalue weighted by Gasteiger charge is 2.34. The van der Waals surface area contributed by atoms with Gasteiger partial charge in [0, 0.05) is 19.1 Å². The molecule has 1 atom stereocenters. The van der Waals surface area contributed by atoms with E-state index in [0.29, 0.717) is 36.3 Å². The van der Waals surface area contributed by atoms with Gasteiger partial charge in [-0.3, -0.25) is 9.36 Å². The van der Waals surface area contributed by atoms with Crippen molar-refractivity contribution in [2.75, 3.05) is 23.8 Å². The molecular weight excluding hydrogens is 400 g/mol. The lowest BCUT2D eigenvalue weighted by atomic mass is 10.2. The van der Waals surface area contributed by atoms with E-state index in [1.807, 2.05) is 17.6 Å². The van der Waals surface area contributed by atoms with E-state index < -0.39 is 9.84 Å². The number of hydrogen-bond donors (Lipinski definition) is 0. The van der Waals surface area contributed by atoms with E-state index in [1.165, 1.54) is 11.8 Å². The maximum atomic E-state index is 12.9. The number of sulfone groups is 1. The lowest BCUT2D eigenvalue weighted by molar-refractivity contribution is -0.130. The van der Waals surface area contributed by atoms with E-state index >= 15 is 0 Å². The minimum Gasteiger partial charge on any atom is -0.461 e. The number of aromatic nitrogens is 3. The summed E-state index contributed by atoms with van der Waals surface area (Å²) in [5, 5.41) is 9.05. The van der Waals surface area contributed by atoms with Crippen molar-refractivity contribution in [2.24, 2.45) is 0 Å². The van der Waals surface area contributed by atoms with Crippen molar-refractivity contribution < 1.29 is 17.6 Å². The maximum absolute atomic E-state index is 12.9. The lowest BCUT2D eigenvalue weighted by Crippen LogP contribution is -2.42. The second-order valence-corrected chi connectivity index (χ2v) is 9.99. The molecule has 0 aliphatic carbocycles. The van der Waals surface area contributed by atoms with Gasteiger partial charge in [-0.25, -0.2) is 8.42 Å². The van der Waals surface area contributed by atoms with Crippen LogP contribution in [-0.4, -0.2) is 63.8 Å². The molecule has 8 nitrogen and oxygen atoms in total. The third kappa shape index (κ3) is 4.78. The Morgan fingerprint density at radius 3 is 2.82 bits per heavy atom. The summed E-state index contributed by atoms with van der Waals surface area (Å²) in [6.07, 6.45) is 3.92. The zero-order valence-electron chi connectivity index (χ0n) is 16.2. The van der Waals surface area contributed by atoms with Crippen molar-refractivity contribution in [3.8, 4) is 11.6 Å². The van der Waals surface area contributed by atoms with E-state index in [4.69, 9.17) is 4.42 Å². The van der Waals surface area contributed by atoms with Crippen LogP contribution in [0.25, 0.3) is 11.6 Å². The monoisotopic (exact) mass is 426 g/mol. The number of amides is 1. The normalized spacial score (nSPS) is 18.4. The third-order valence-corrected chi connectivity index (χ3v) is 7.52. The summed E-state index contributed by atoms with van der Waals surface area (Å²) in [6.45, 7) is 5.29. The van der Waals surface area contributed by atoms with Gasteiger partial charge in [0.2, 0.25) is 5.91 Å². The largest absolute Gasteiger partial charge is 0.461 e. The van der Waals surface area contributed by atoms with Crippen molar-refractivity contribution >= 4 is 27.5 Å². The Morgan fingerprint density at radius 1 is 1.39 bits per heavy atom. The van der Waals surface area contributed by atoms with Gasteiger partial charge < -0.3 is 9.32 Å². The molecule has 2 aromatic heterocycles. The molecule has 1 fully saturated rings. The molecule has 1 saturated heterocycles. The van der Waals surface area contributed by atoms with Crippen LogP contribution in [0.2, 0.25) is 0 Å². The van der Waals surface area contributed by atoms with Gasteiger partial charge in [0.25, 0.3) is 0 Å². The SMILES string of the molecule is CCCCN(C(=O)CSc1nnc(-c2ccco2)n1CC)C1CCS(=O)(=O)C1. The van der Waals surface area contributed by atoms with Gasteiger partial charge in [-0.05, 0) is 31.9 Å². The number of furan rings is 1. The highest BCUT2D eigenvalue weighted by Crippen LogP contribution is 2.25. The number of thioether (sulfide) groups is 1. The first-order valence-corrected chi connectivity index (χ1v) is 12.4. The fraction of sp³-hybridized carbons (Fsp3) is 0.611. The molecule has 1 aliphatic heterocycles. The fourth-order valence-electron chi connectivity index (χ4n) is 3.34. The quantitative estimate of drug-likeness (QED) is 0.568. The Hall–Kier alpha value is -1.81. The fourth-order valence-corrected chi connectivity index (χ4v) is 5.96. The number of carbonyl (C=O) groups is 1. The zero-order chi connectivity index (χ0) is 20.1.